The number of aromatic nitrogens is 1. The molecule has 0 spiro atoms. The van der Waals surface area contributed by atoms with E-state index in [9.17, 15) is 4.79 Å². The van der Waals surface area contributed by atoms with Crippen LogP contribution in [0.5, 0.6) is 0 Å². The van der Waals surface area contributed by atoms with Crippen LogP contribution in [0, 0.1) is 0 Å². The molecule has 1 aromatic carbocycles. The molecule has 2 aromatic rings. The van der Waals surface area contributed by atoms with Gasteiger partial charge in [0.25, 0.3) is 0 Å². The largest absolute Gasteiger partial charge is 0.477 e. The van der Waals surface area contributed by atoms with Crippen molar-refractivity contribution in [3.05, 3.63) is 53.3 Å². The number of benzene rings is 1. The van der Waals surface area contributed by atoms with Gasteiger partial charge in [0.05, 0.1) is 0 Å². The van der Waals surface area contributed by atoms with Gasteiger partial charge in [-0.1, -0.05) is 18.2 Å². The molecule has 0 aliphatic carbocycles. The highest BCUT2D eigenvalue weighted by Crippen LogP contribution is 2.29. The van der Waals surface area contributed by atoms with Gasteiger partial charge in [0.2, 0.25) is 0 Å². The fourth-order valence-electron chi connectivity index (χ4n) is 2.14. The van der Waals surface area contributed by atoms with Gasteiger partial charge in [-0.25, -0.2) is 4.79 Å². The maximum absolute atomic E-state index is 11.0. The molecule has 3 rings (SSSR count). The minimum atomic E-state index is -0.877. The zero-order valence-electron chi connectivity index (χ0n) is 7.97. The lowest BCUT2D eigenvalue weighted by Crippen LogP contribution is -2.05. The van der Waals surface area contributed by atoms with Gasteiger partial charge in [-0.05, 0) is 23.8 Å². The van der Waals surface area contributed by atoms with Crippen molar-refractivity contribution < 1.29 is 9.90 Å². The number of nitrogens with zero attached hydrogens (tertiary/aromatic N) is 1. The van der Waals surface area contributed by atoms with Gasteiger partial charge in [-0.15, -0.1) is 0 Å². The molecule has 0 fully saturated rings. The highest BCUT2D eigenvalue weighted by molar-refractivity contribution is 5.87. The fraction of sp³-hybridized carbons (Fsp3) is 0.0833. The maximum Gasteiger partial charge on any atom is 0.352 e. The number of para-hydroxylation sites is 1. The van der Waals surface area contributed by atoms with Crippen LogP contribution in [0.25, 0.3) is 5.69 Å². The van der Waals surface area contributed by atoms with Crippen molar-refractivity contribution in [2.75, 3.05) is 0 Å². The molecule has 0 bridgehead atoms. The van der Waals surface area contributed by atoms with E-state index < -0.39 is 5.97 Å². The maximum atomic E-state index is 11.0. The number of hydrogen-bond donors (Lipinski definition) is 1. The Kier molecular flexibility index (Phi) is 1.51. The Hall–Kier alpha value is -2.03. The van der Waals surface area contributed by atoms with Crippen LogP contribution in [-0.4, -0.2) is 15.6 Å². The van der Waals surface area contributed by atoms with E-state index in [1.165, 1.54) is 5.56 Å². The first-order valence-corrected chi connectivity index (χ1v) is 4.79. The van der Waals surface area contributed by atoms with Gasteiger partial charge >= 0.3 is 5.97 Å². The number of hydrogen-bond acceptors (Lipinski definition) is 1. The molecule has 1 aliphatic heterocycles. The average Bonchev–Trinajstić information content (AvgIpc) is 2.74. The number of carboxylic acid groups (broad SMARTS) is 1. The van der Waals surface area contributed by atoms with Crippen molar-refractivity contribution >= 4 is 5.97 Å². The van der Waals surface area contributed by atoms with Crippen LogP contribution in [0.2, 0.25) is 0 Å². The summed E-state index contributed by atoms with van der Waals surface area (Å²) < 4.78 is 1.82. The minimum absolute atomic E-state index is 0.343. The van der Waals surface area contributed by atoms with Crippen molar-refractivity contribution in [3.63, 3.8) is 0 Å². The highest BCUT2D eigenvalue weighted by Gasteiger charge is 2.22. The summed E-state index contributed by atoms with van der Waals surface area (Å²) in [4.78, 5) is 11.0. The Morgan fingerprint density at radius 2 is 2.00 bits per heavy atom. The molecule has 15 heavy (non-hydrogen) atoms. The third kappa shape index (κ3) is 1.03. The van der Waals surface area contributed by atoms with E-state index in [-0.39, 0.29) is 0 Å². The summed E-state index contributed by atoms with van der Waals surface area (Å²) in [5, 5.41) is 9.04. The van der Waals surface area contributed by atoms with Gasteiger partial charge in [-0.3, -0.25) is 0 Å². The van der Waals surface area contributed by atoms with Crippen molar-refractivity contribution in [3.8, 4) is 5.69 Å². The van der Waals surface area contributed by atoms with Crippen molar-refractivity contribution in [1.82, 2.24) is 4.57 Å². The molecule has 0 saturated carbocycles. The molecular formula is C12H9NO2. The smallest absolute Gasteiger partial charge is 0.352 e. The Labute approximate surface area is 86.6 Å². The SMILES string of the molecule is O=C(O)c1ccc2n1-c1ccccc1C2. The van der Waals surface area contributed by atoms with E-state index in [4.69, 9.17) is 5.11 Å². The van der Waals surface area contributed by atoms with Crippen LogP contribution in [0.15, 0.2) is 36.4 Å². The summed E-state index contributed by atoms with van der Waals surface area (Å²) in [6, 6.07) is 11.4. The molecule has 1 aliphatic rings. The molecule has 1 aromatic heterocycles. The quantitative estimate of drug-likeness (QED) is 0.652. The highest BCUT2D eigenvalue weighted by atomic mass is 16.4. The van der Waals surface area contributed by atoms with Gasteiger partial charge in [-0.2, -0.15) is 0 Å². The molecule has 2 heterocycles. The van der Waals surface area contributed by atoms with Gasteiger partial charge in [0.1, 0.15) is 5.69 Å². The van der Waals surface area contributed by atoms with Crippen molar-refractivity contribution in [1.29, 1.82) is 0 Å². The Balaban J connectivity index is 2.29. The van der Waals surface area contributed by atoms with E-state index in [0.717, 1.165) is 17.8 Å². The molecule has 3 nitrogen and oxygen atoms in total. The summed E-state index contributed by atoms with van der Waals surface area (Å²) in [7, 11) is 0. The van der Waals surface area contributed by atoms with Crippen LogP contribution in [-0.2, 0) is 6.42 Å². The number of carbonyl (C=O) groups is 1. The van der Waals surface area contributed by atoms with Crippen LogP contribution >= 0.6 is 0 Å². The average molecular weight is 199 g/mol. The number of aromatic carboxylic acids is 1. The Bertz CT molecular complexity index is 554. The Morgan fingerprint density at radius 3 is 2.80 bits per heavy atom. The van der Waals surface area contributed by atoms with Crippen LogP contribution < -0.4 is 0 Å². The second-order valence-electron chi connectivity index (χ2n) is 3.66. The molecular weight excluding hydrogens is 190 g/mol. The summed E-state index contributed by atoms with van der Waals surface area (Å²) in [6.07, 6.45) is 0.823. The molecule has 0 amide bonds. The fourth-order valence-corrected chi connectivity index (χ4v) is 2.14. The zero-order valence-corrected chi connectivity index (χ0v) is 7.97. The Morgan fingerprint density at radius 1 is 1.20 bits per heavy atom. The first-order valence-electron chi connectivity index (χ1n) is 4.79. The van der Waals surface area contributed by atoms with E-state index in [2.05, 4.69) is 0 Å². The first-order chi connectivity index (χ1) is 7.27. The third-order valence-corrected chi connectivity index (χ3v) is 2.78. The van der Waals surface area contributed by atoms with E-state index >= 15 is 0 Å². The monoisotopic (exact) mass is 199 g/mol. The number of carboxylic acids is 1. The van der Waals surface area contributed by atoms with Crippen molar-refractivity contribution in [2.45, 2.75) is 6.42 Å². The molecule has 3 heteroatoms. The lowest BCUT2D eigenvalue weighted by molar-refractivity contribution is 0.0688. The third-order valence-electron chi connectivity index (χ3n) is 2.78. The van der Waals surface area contributed by atoms with E-state index in [1.807, 2.05) is 34.9 Å². The molecule has 0 saturated heterocycles. The lowest BCUT2D eigenvalue weighted by Gasteiger charge is -2.04. The summed E-state index contributed by atoms with van der Waals surface area (Å²) >= 11 is 0. The first kappa shape index (κ1) is 8.29. The normalized spacial score (nSPS) is 12.3. The second-order valence-corrected chi connectivity index (χ2v) is 3.66. The van der Waals surface area contributed by atoms with E-state index in [0.29, 0.717) is 5.69 Å². The molecule has 0 unspecified atom stereocenters. The summed E-state index contributed by atoms with van der Waals surface area (Å²) in [5.74, 6) is -0.877. The molecule has 1 N–H and O–H groups in total. The number of fused-ring (bicyclic) bond motifs is 3. The van der Waals surface area contributed by atoms with Crippen LogP contribution in [0.1, 0.15) is 21.7 Å². The standard InChI is InChI=1S/C12H9NO2/c14-12(15)11-6-5-9-7-8-3-1-2-4-10(8)13(9)11/h1-6H,7H2,(H,14,15). The van der Waals surface area contributed by atoms with Gasteiger partial charge in [0.15, 0.2) is 0 Å². The summed E-state index contributed by atoms with van der Waals surface area (Å²) in [5.41, 5.74) is 3.58. The van der Waals surface area contributed by atoms with Crippen molar-refractivity contribution in [2.24, 2.45) is 0 Å². The predicted octanol–water partition coefficient (Wildman–Crippen LogP) is 2.08. The van der Waals surface area contributed by atoms with Crippen LogP contribution in [0.3, 0.4) is 0 Å². The molecule has 74 valence electrons. The predicted molar refractivity (Wildman–Crippen MR) is 55.5 cm³/mol. The van der Waals surface area contributed by atoms with Gasteiger partial charge < -0.3 is 9.67 Å². The topological polar surface area (TPSA) is 42.2 Å². The molecule has 0 atom stereocenters. The second kappa shape index (κ2) is 2.73. The molecule has 0 radical (unpaired) electrons. The van der Waals surface area contributed by atoms with E-state index in [1.54, 1.807) is 6.07 Å². The number of rotatable bonds is 1. The van der Waals surface area contributed by atoms with Gasteiger partial charge in [0, 0.05) is 17.8 Å². The lowest BCUT2D eigenvalue weighted by atomic mass is 10.1. The van der Waals surface area contributed by atoms with Crippen LogP contribution in [0.4, 0.5) is 0 Å². The summed E-state index contributed by atoms with van der Waals surface area (Å²) in [6.45, 7) is 0. The zero-order chi connectivity index (χ0) is 10.4. The minimum Gasteiger partial charge on any atom is -0.477 e.